The minimum atomic E-state index is -1.04. The van der Waals surface area contributed by atoms with Crippen LogP contribution < -0.4 is 0 Å². The second kappa shape index (κ2) is 5.10. The second-order valence-electron chi connectivity index (χ2n) is 6.18. The molecular formula is C16H21FO3. The van der Waals surface area contributed by atoms with Gasteiger partial charge in [-0.05, 0) is 43.4 Å². The lowest BCUT2D eigenvalue weighted by Gasteiger charge is -2.43. The lowest BCUT2D eigenvalue weighted by atomic mass is 9.73. The van der Waals surface area contributed by atoms with Crippen molar-refractivity contribution in [3.63, 3.8) is 0 Å². The molecule has 2 fully saturated rings. The summed E-state index contributed by atoms with van der Waals surface area (Å²) in [4.78, 5) is 0. The molecule has 1 N–H and O–H groups in total. The first-order chi connectivity index (χ1) is 9.52. The van der Waals surface area contributed by atoms with Gasteiger partial charge in [0.2, 0.25) is 0 Å². The molecule has 0 radical (unpaired) electrons. The van der Waals surface area contributed by atoms with Crippen LogP contribution in [0, 0.1) is 11.7 Å². The highest BCUT2D eigenvalue weighted by Crippen LogP contribution is 2.43. The van der Waals surface area contributed by atoms with Crippen LogP contribution in [0.1, 0.15) is 31.7 Å². The van der Waals surface area contributed by atoms with Crippen LogP contribution in [0.2, 0.25) is 0 Å². The van der Waals surface area contributed by atoms with Crippen molar-refractivity contribution in [2.75, 3.05) is 19.8 Å². The number of aliphatic hydroxyl groups is 1. The predicted molar refractivity (Wildman–Crippen MR) is 72.8 cm³/mol. The van der Waals surface area contributed by atoms with E-state index in [-0.39, 0.29) is 17.3 Å². The molecule has 3 rings (SSSR count). The third-order valence-electron chi connectivity index (χ3n) is 4.76. The smallest absolute Gasteiger partial charge is 0.123 e. The van der Waals surface area contributed by atoms with Gasteiger partial charge in [-0.3, -0.25) is 0 Å². The third-order valence-corrected chi connectivity index (χ3v) is 4.76. The van der Waals surface area contributed by atoms with Gasteiger partial charge >= 0.3 is 0 Å². The first-order valence-electron chi connectivity index (χ1n) is 7.22. The monoisotopic (exact) mass is 280 g/mol. The summed E-state index contributed by atoms with van der Waals surface area (Å²) in [6, 6.07) is 6.26. The minimum Gasteiger partial charge on any atom is -0.385 e. The van der Waals surface area contributed by atoms with Crippen LogP contribution in [0.4, 0.5) is 4.39 Å². The van der Waals surface area contributed by atoms with Crippen LogP contribution in [0.15, 0.2) is 24.3 Å². The summed E-state index contributed by atoms with van der Waals surface area (Å²) < 4.78 is 24.8. The van der Waals surface area contributed by atoms with Gasteiger partial charge in [-0.1, -0.05) is 12.1 Å². The molecule has 2 heterocycles. The van der Waals surface area contributed by atoms with Gasteiger partial charge in [0.1, 0.15) is 5.82 Å². The Kier molecular flexibility index (Phi) is 3.56. The van der Waals surface area contributed by atoms with Crippen LogP contribution in [-0.4, -0.2) is 30.5 Å². The number of halogens is 1. The summed E-state index contributed by atoms with van der Waals surface area (Å²) >= 11 is 0. The Morgan fingerprint density at radius 1 is 1.40 bits per heavy atom. The largest absolute Gasteiger partial charge is 0.385 e. The Bertz CT molecular complexity index is 480. The minimum absolute atomic E-state index is 0.0553. The molecule has 4 heteroatoms. The Morgan fingerprint density at radius 2 is 2.25 bits per heavy atom. The van der Waals surface area contributed by atoms with Crippen LogP contribution in [0.3, 0.4) is 0 Å². The Labute approximate surface area is 118 Å². The van der Waals surface area contributed by atoms with Gasteiger partial charge in [-0.15, -0.1) is 0 Å². The molecule has 0 saturated carbocycles. The van der Waals surface area contributed by atoms with Crippen LogP contribution in [0.5, 0.6) is 0 Å². The SMILES string of the molecule is CC(O)(c1cccc(F)c1)C1CCOC2(CCOC2)C1. The van der Waals surface area contributed by atoms with Gasteiger partial charge in [-0.2, -0.15) is 0 Å². The molecule has 0 bridgehead atoms. The van der Waals surface area contributed by atoms with E-state index < -0.39 is 5.60 Å². The van der Waals surface area contributed by atoms with Crippen molar-refractivity contribution in [1.29, 1.82) is 0 Å². The van der Waals surface area contributed by atoms with Crippen molar-refractivity contribution in [2.45, 2.75) is 37.4 Å². The van der Waals surface area contributed by atoms with Crippen molar-refractivity contribution in [2.24, 2.45) is 5.92 Å². The van der Waals surface area contributed by atoms with Gasteiger partial charge in [0.15, 0.2) is 0 Å². The standard InChI is InChI=1S/C16H21FO3/c1-15(18,12-3-2-4-14(17)9-12)13-5-7-20-16(10-13)6-8-19-11-16/h2-4,9,13,18H,5-8,10-11H2,1H3. The van der Waals surface area contributed by atoms with E-state index >= 15 is 0 Å². The van der Waals surface area contributed by atoms with Crippen molar-refractivity contribution in [1.82, 2.24) is 0 Å². The lowest BCUT2D eigenvalue weighted by molar-refractivity contribution is -0.140. The molecule has 0 aliphatic carbocycles. The van der Waals surface area contributed by atoms with Crippen molar-refractivity contribution in [3.8, 4) is 0 Å². The average molecular weight is 280 g/mol. The molecule has 1 aromatic rings. The maximum Gasteiger partial charge on any atom is 0.123 e. The van der Waals surface area contributed by atoms with Gasteiger partial charge in [0.05, 0.1) is 17.8 Å². The molecule has 0 amide bonds. The van der Waals surface area contributed by atoms with Gasteiger partial charge in [0.25, 0.3) is 0 Å². The van der Waals surface area contributed by atoms with Gasteiger partial charge in [0, 0.05) is 19.6 Å². The van der Waals surface area contributed by atoms with Crippen LogP contribution in [-0.2, 0) is 15.1 Å². The Morgan fingerprint density at radius 3 is 2.95 bits per heavy atom. The summed E-state index contributed by atoms with van der Waals surface area (Å²) in [6.07, 6.45) is 2.42. The summed E-state index contributed by atoms with van der Waals surface area (Å²) in [7, 11) is 0. The lowest BCUT2D eigenvalue weighted by Crippen LogP contribution is -2.46. The second-order valence-corrected chi connectivity index (χ2v) is 6.18. The normalized spacial score (nSPS) is 33.2. The maximum atomic E-state index is 13.4. The fraction of sp³-hybridized carbons (Fsp3) is 0.625. The molecule has 2 aliphatic rings. The highest BCUT2D eigenvalue weighted by molar-refractivity contribution is 5.24. The van der Waals surface area contributed by atoms with Gasteiger partial charge in [-0.25, -0.2) is 4.39 Å². The van der Waals surface area contributed by atoms with Gasteiger partial charge < -0.3 is 14.6 Å². The van der Waals surface area contributed by atoms with E-state index in [1.54, 1.807) is 19.1 Å². The molecule has 1 spiro atoms. The van der Waals surface area contributed by atoms with Crippen molar-refractivity contribution < 1.29 is 19.0 Å². The topological polar surface area (TPSA) is 38.7 Å². The molecule has 3 atom stereocenters. The van der Waals surface area contributed by atoms with E-state index in [0.29, 0.717) is 18.8 Å². The number of rotatable bonds is 2. The Balaban J connectivity index is 1.83. The molecule has 2 saturated heterocycles. The summed E-state index contributed by atoms with van der Waals surface area (Å²) in [5.74, 6) is -0.256. The first-order valence-corrected chi connectivity index (χ1v) is 7.22. The van der Waals surface area contributed by atoms with Crippen molar-refractivity contribution >= 4 is 0 Å². The molecule has 110 valence electrons. The zero-order valence-corrected chi connectivity index (χ0v) is 11.8. The van der Waals surface area contributed by atoms with Crippen LogP contribution in [0.25, 0.3) is 0 Å². The summed E-state index contributed by atoms with van der Waals surface area (Å²) in [5, 5.41) is 10.9. The quantitative estimate of drug-likeness (QED) is 0.905. The predicted octanol–water partition coefficient (Wildman–Crippen LogP) is 2.62. The average Bonchev–Trinajstić information content (AvgIpc) is 2.87. The fourth-order valence-corrected chi connectivity index (χ4v) is 3.41. The van der Waals surface area contributed by atoms with E-state index in [4.69, 9.17) is 9.47 Å². The molecule has 1 aromatic carbocycles. The summed E-state index contributed by atoms with van der Waals surface area (Å²) in [6.45, 7) is 3.72. The molecule has 20 heavy (non-hydrogen) atoms. The number of hydrogen-bond acceptors (Lipinski definition) is 3. The first kappa shape index (κ1) is 14.0. The molecule has 3 unspecified atom stereocenters. The number of hydrogen-bond donors (Lipinski definition) is 1. The molecule has 2 aliphatic heterocycles. The van der Waals surface area contributed by atoms with Crippen molar-refractivity contribution in [3.05, 3.63) is 35.6 Å². The van der Waals surface area contributed by atoms with E-state index in [0.717, 1.165) is 25.9 Å². The zero-order chi connectivity index (χ0) is 14.2. The fourth-order valence-electron chi connectivity index (χ4n) is 3.41. The molecular weight excluding hydrogens is 259 g/mol. The van der Waals surface area contributed by atoms with E-state index in [1.165, 1.54) is 12.1 Å². The summed E-state index contributed by atoms with van der Waals surface area (Å²) in [5.41, 5.74) is -0.653. The van der Waals surface area contributed by atoms with E-state index in [1.807, 2.05) is 0 Å². The number of ether oxygens (including phenoxy) is 2. The zero-order valence-electron chi connectivity index (χ0n) is 11.8. The van der Waals surface area contributed by atoms with E-state index in [2.05, 4.69) is 0 Å². The highest BCUT2D eigenvalue weighted by Gasteiger charge is 2.46. The molecule has 0 aromatic heterocycles. The Hall–Kier alpha value is -0.970. The van der Waals surface area contributed by atoms with Crippen LogP contribution >= 0.6 is 0 Å². The molecule has 3 nitrogen and oxygen atoms in total. The highest BCUT2D eigenvalue weighted by atomic mass is 19.1. The third kappa shape index (κ3) is 2.48. The van der Waals surface area contributed by atoms with E-state index in [9.17, 15) is 9.50 Å². The number of benzene rings is 1. The maximum absolute atomic E-state index is 13.4.